The van der Waals surface area contributed by atoms with E-state index in [2.05, 4.69) is 14.8 Å². The molecule has 7 heteroatoms. The van der Waals surface area contributed by atoms with Gasteiger partial charge in [0.2, 0.25) is 0 Å². The Morgan fingerprint density at radius 2 is 1.56 bits per heavy atom. The molecule has 1 N–H and O–H groups in total. The van der Waals surface area contributed by atoms with Crippen molar-refractivity contribution in [2.75, 3.05) is 33.9 Å². The fourth-order valence-electron chi connectivity index (χ4n) is 1.12. The standard InChI is InChI=1S/C11H20N2O5/c1-4-5-6-12-11(16)13(7-9(14)17-2)8-10(15)18-3/h4-8H2,1-3H3,(H,12,16). The number of nitrogens with zero attached hydrogens (tertiary/aromatic N) is 1. The van der Waals surface area contributed by atoms with Crippen LogP contribution in [0.15, 0.2) is 0 Å². The van der Waals surface area contributed by atoms with Crippen molar-refractivity contribution in [3.05, 3.63) is 0 Å². The monoisotopic (exact) mass is 260 g/mol. The molecule has 18 heavy (non-hydrogen) atoms. The minimum atomic E-state index is -0.593. The third kappa shape index (κ3) is 6.72. The first-order chi connectivity index (χ1) is 8.54. The Morgan fingerprint density at radius 3 is 1.94 bits per heavy atom. The maximum atomic E-state index is 11.7. The first-order valence-corrected chi connectivity index (χ1v) is 5.71. The van der Waals surface area contributed by atoms with Crippen LogP contribution in [-0.4, -0.2) is 56.7 Å². The summed E-state index contributed by atoms with van der Waals surface area (Å²) in [6.45, 7) is 1.91. The number of esters is 2. The van der Waals surface area contributed by atoms with Gasteiger partial charge in [-0.15, -0.1) is 0 Å². The smallest absolute Gasteiger partial charge is 0.325 e. The van der Waals surface area contributed by atoms with E-state index in [0.717, 1.165) is 17.7 Å². The molecule has 0 saturated heterocycles. The van der Waals surface area contributed by atoms with Gasteiger partial charge in [0.05, 0.1) is 14.2 Å². The summed E-state index contributed by atoms with van der Waals surface area (Å²) < 4.78 is 8.92. The maximum Gasteiger partial charge on any atom is 0.325 e. The Labute approximate surface area is 106 Å². The number of carbonyl (C=O) groups is 3. The van der Waals surface area contributed by atoms with Crippen LogP contribution < -0.4 is 5.32 Å². The third-order valence-electron chi connectivity index (χ3n) is 2.19. The number of carbonyl (C=O) groups excluding carboxylic acids is 3. The van der Waals surface area contributed by atoms with Crippen LogP contribution in [0.3, 0.4) is 0 Å². The molecule has 0 unspecified atom stereocenters. The van der Waals surface area contributed by atoms with E-state index in [9.17, 15) is 14.4 Å². The molecule has 0 radical (unpaired) electrons. The summed E-state index contributed by atoms with van der Waals surface area (Å²) in [4.78, 5) is 35.0. The zero-order valence-corrected chi connectivity index (χ0v) is 11.0. The second kappa shape index (κ2) is 9.26. The van der Waals surface area contributed by atoms with Crippen LogP contribution in [0.2, 0.25) is 0 Å². The molecule has 0 atom stereocenters. The van der Waals surface area contributed by atoms with Crippen molar-refractivity contribution in [1.82, 2.24) is 10.2 Å². The molecule has 0 spiro atoms. The van der Waals surface area contributed by atoms with Gasteiger partial charge in [0.15, 0.2) is 0 Å². The molecule has 2 amide bonds. The number of unbranched alkanes of at least 4 members (excludes halogenated alkanes) is 1. The summed E-state index contributed by atoms with van der Waals surface area (Å²) in [6.07, 6.45) is 1.77. The number of ether oxygens (including phenoxy) is 2. The number of hydrogen-bond acceptors (Lipinski definition) is 5. The lowest BCUT2D eigenvalue weighted by molar-refractivity contribution is -0.144. The Hall–Kier alpha value is -1.79. The molecule has 0 aromatic heterocycles. The molecule has 0 rings (SSSR count). The fourth-order valence-corrected chi connectivity index (χ4v) is 1.12. The van der Waals surface area contributed by atoms with Crippen LogP contribution in [0.4, 0.5) is 4.79 Å². The van der Waals surface area contributed by atoms with E-state index in [1.165, 1.54) is 14.2 Å². The first-order valence-electron chi connectivity index (χ1n) is 5.71. The van der Waals surface area contributed by atoms with Crippen molar-refractivity contribution < 1.29 is 23.9 Å². The van der Waals surface area contributed by atoms with Gasteiger partial charge < -0.3 is 19.7 Å². The maximum absolute atomic E-state index is 11.7. The quantitative estimate of drug-likeness (QED) is 0.520. The second-order valence-corrected chi connectivity index (χ2v) is 3.59. The number of hydrogen-bond donors (Lipinski definition) is 1. The van der Waals surface area contributed by atoms with Crippen LogP contribution in [0.5, 0.6) is 0 Å². The molecule has 0 aromatic carbocycles. The lowest BCUT2D eigenvalue weighted by Gasteiger charge is -2.20. The molecular formula is C11H20N2O5. The van der Waals surface area contributed by atoms with Crippen molar-refractivity contribution in [3.63, 3.8) is 0 Å². The predicted octanol–water partition coefficient (Wildman–Crippen LogP) is 0.144. The number of nitrogens with one attached hydrogen (secondary N) is 1. The van der Waals surface area contributed by atoms with Crippen molar-refractivity contribution >= 4 is 18.0 Å². The average Bonchev–Trinajstić information content (AvgIpc) is 2.37. The summed E-state index contributed by atoms with van der Waals surface area (Å²) in [5.41, 5.74) is 0. The lowest BCUT2D eigenvalue weighted by Crippen LogP contribution is -2.46. The summed E-state index contributed by atoms with van der Waals surface area (Å²) in [5, 5.41) is 2.61. The molecule has 0 aliphatic heterocycles. The highest BCUT2D eigenvalue weighted by atomic mass is 16.5. The fraction of sp³-hybridized carbons (Fsp3) is 0.727. The SMILES string of the molecule is CCCCNC(=O)N(CC(=O)OC)CC(=O)OC. The first kappa shape index (κ1) is 16.2. The van der Waals surface area contributed by atoms with E-state index in [-0.39, 0.29) is 13.1 Å². The highest BCUT2D eigenvalue weighted by molar-refractivity contribution is 5.85. The van der Waals surface area contributed by atoms with Gasteiger partial charge in [-0.25, -0.2) is 4.79 Å². The zero-order chi connectivity index (χ0) is 14.0. The number of rotatable bonds is 7. The minimum Gasteiger partial charge on any atom is -0.468 e. The summed E-state index contributed by atoms with van der Waals surface area (Å²) in [6, 6.07) is -0.487. The topological polar surface area (TPSA) is 84.9 Å². The highest BCUT2D eigenvalue weighted by Gasteiger charge is 2.20. The van der Waals surface area contributed by atoms with E-state index in [1.807, 2.05) is 6.92 Å². The van der Waals surface area contributed by atoms with Gasteiger partial charge >= 0.3 is 18.0 Å². The van der Waals surface area contributed by atoms with Gasteiger partial charge in [-0.1, -0.05) is 13.3 Å². The molecule has 0 aromatic rings. The molecule has 0 heterocycles. The van der Waals surface area contributed by atoms with Gasteiger partial charge in [-0.2, -0.15) is 0 Å². The van der Waals surface area contributed by atoms with Crippen LogP contribution in [-0.2, 0) is 19.1 Å². The number of methoxy groups -OCH3 is 2. The average molecular weight is 260 g/mol. The molecule has 0 aliphatic carbocycles. The van der Waals surface area contributed by atoms with Gasteiger partial charge in [-0.3, -0.25) is 9.59 Å². The van der Waals surface area contributed by atoms with E-state index < -0.39 is 18.0 Å². The summed E-state index contributed by atoms with van der Waals surface area (Å²) in [7, 11) is 2.43. The van der Waals surface area contributed by atoms with Gasteiger partial charge in [0.1, 0.15) is 13.1 Å². The van der Waals surface area contributed by atoms with Crippen molar-refractivity contribution in [2.45, 2.75) is 19.8 Å². The molecule has 7 nitrogen and oxygen atoms in total. The number of amides is 2. The molecule has 104 valence electrons. The molecular weight excluding hydrogens is 240 g/mol. The van der Waals surface area contributed by atoms with Gasteiger partial charge in [-0.05, 0) is 6.42 Å². The largest absolute Gasteiger partial charge is 0.468 e. The van der Waals surface area contributed by atoms with Crippen molar-refractivity contribution in [1.29, 1.82) is 0 Å². The Bertz CT molecular complexity index is 275. The molecule has 0 saturated carbocycles. The van der Waals surface area contributed by atoms with E-state index >= 15 is 0 Å². The van der Waals surface area contributed by atoms with Crippen molar-refractivity contribution in [3.8, 4) is 0 Å². The van der Waals surface area contributed by atoms with Crippen molar-refractivity contribution in [2.24, 2.45) is 0 Å². The normalized spacial score (nSPS) is 9.50. The zero-order valence-electron chi connectivity index (χ0n) is 11.0. The van der Waals surface area contributed by atoms with E-state index in [4.69, 9.17) is 0 Å². The molecule has 0 fully saturated rings. The van der Waals surface area contributed by atoms with Gasteiger partial charge in [0, 0.05) is 6.54 Å². The third-order valence-corrected chi connectivity index (χ3v) is 2.19. The van der Waals surface area contributed by atoms with Crippen LogP contribution in [0, 0.1) is 0 Å². The van der Waals surface area contributed by atoms with E-state index in [0.29, 0.717) is 6.54 Å². The van der Waals surface area contributed by atoms with Crippen LogP contribution >= 0.6 is 0 Å². The Balaban J connectivity index is 4.38. The van der Waals surface area contributed by atoms with Crippen LogP contribution in [0.25, 0.3) is 0 Å². The summed E-state index contributed by atoms with van der Waals surface area (Å²) >= 11 is 0. The van der Waals surface area contributed by atoms with E-state index in [1.54, 1.807) is 0 Å². The minimum absolute atomic E-state index is 0.288. The van der Waals surface area contributed by atoms with Crippen LogP contribution in [0.1, 0.15) is 19.8 Å². The summed E-state index contributed by atoms with van der Waals surface area (Å²) in [5.74, 6) is -1.19. The molecule has 0 aliphatic rings. The Kier molecular flexibility index (Phi) is 8.34. The highest BCUT2D eigenvalue weighted by Crippen LogP contribution is 1.94. The Morgan fingerprint density at radius 1 is 1.06 bits per heavy atom. The second-order valence-electron chi connectivity index (χ2n) is 3.59. The number of urea groups is 1. The van der Waals surface area contributed by atoms with Gasteiger partial charge in [0.25, 0.3) is 0 Å². The molecule has 0 bridgehead atoms. The predicted molar refractivity (Wildman–Crippen MR) is 63.9 cm³/mol. The lowest BCUT2D eigenvalue weighted by atomic mass is 10.3.